The van der Waals surface area contributed by atoms with E-state index in [1.54, 1.807) is 0 Å². The van der Waals surface area contributed by atoms with E-state index in [9.17, 15) is 0 Å². The molecule has 3 rings (SSSR count). The lowest BCUT2D eigenvalue weighted by molar-refractivity contribution is 0.584. The van der Waals surface area contributed by atoms with Gasteiger partial charge in [-0.2, -0.15) is 0 Å². The van der Waals surface area contributed by atoms with Crippen LogP contribution in [0.4, 0.5) is 0 Å². The van der Waals surface area contributed by atoms with Crippen LogP contribution in [0.2, 0.25) is 0 Å². The van der Waals surface area contributed by atoms with Gasteiger partial charge in [0.1, 0.15) is 0 Å². The van der Waals surface area contributed by atoms with Gasteiger partial charge in [-0.05, 0) is 36.9 Å². The number of aryl methyl sites for hydroxylation is 1. The van der Waals surface area contributed by atoms with Crippen LogP contribution in [0.5, 0.6) is 0 Å². The highest BCUT2D eigenvalue weighted by Crippen LogP contribution is 2.23. The Kier molecular flexibility index (Phi) is 3.81. The molecule has 2 nitrogen and oxygen atoms in total. The van der Waals surface area contributed by atoms with Crippen molar-refractivity contribution in [1.82, 2.24) is 10.3 Å². The molecule has 3 aromatic rings. The van der Waals surface area contributed by atoms with Crippen LogP contribution < -0.4 is 5.32 Å². The SMILES string of the molecule is Cc1ccc(C(C)NCc2cncc3ccccc23)s1. The van der Waals surface area contributed by atoms with Crippen LogP contribution in [0.3, 0.4) is 0 Å². The second-order valence-corrected chi connectivity index (χ2v) is 6.39. The number of aromatic nitrogens is 1. The number of nitrogens with one attached hydrogen (secondary N) is 1. The Morgan fingerprint density at radius 1 is 1.15 bits per heavy atom. The predicted molar refractivity (Wildman–Crippen MR) is 86.1 cm³/mol. The molecule has 102 valence electrons. The number of hydrogen-bond donors (Lipinski definition) is 1. The summed E-state index contributed by atoms with van der Waals surface area (Å²) in [6.45, 7) is 5.20. The Bertz CT molecular complexity index is 712. The first-order chi connectivity index (χ1) is 9.74. The molecule has 0 fully saturated rings. The van der Waals surface area contributed by atoms with Crippen LogP contribution in [0.1, 0.15) is 28.3 Å². The van der Waals surface area contributed by atoms with E-state index in [1.807, 2.05) is 23.7 Å². The molecule has 0 saturated carbocycles. The molecule has 1 N–H and O–H groups in total. The van der Waals surface area contributed by atoms with Gasteiger partial charge in [-0.1, -0.05) is 24.3 Å². The van der Waals surface area contributed by atoms with E-state index in [-0.39, 0.29) is 0 Å². The van der Waals surface area contributed by atoms with Crippen LogP contribution >= 0.6 is 11.3 Å². The van der Waals surface area contributed by atoms with Crippen LogP contribution in [0.25, 0.3) is 10.8 Å². The molecule has 0 spiro atoms. The Morgan fingerprint density at radius 2 is 2.00 bits per heavy atom. The zero-order valence-electron chi connectivity index (χ0n) is 11.8. The Labute approximate surface area is 123 Å². The zero-order chi connectivity index (χ0) is 13.9. The van der Waals surface area contributed by atoms with E-state index in [0.717, 1.165) is 6.54 Å². The highest BCUT2D eigenvalue weighted by Gasteiger charge is 2.08. The number of fused-ring (bicyclic) bond motifs is 1. The molecule has 0 amide bonds. The van der Waals surface area contributed by atoms with Crippen molar-refractivity contribution in [3.8, 4) is 0 Å². The summed E-state index contributed by atoms with van der Waals surface area (Å²) in [6, 6.07) is 13.2. The first kappa shape index (κ1) is 13.3. The number of hydrogen-bond acceptors (Lipinski definition) is 3. The summed E-state index contributed by atoms with van der Waals surface area (Å²) >= 11 is 1.86. The topological polar surface area (TPSA) is 24.9 Å². The van der Waals surface area contributed by atoms with Crippen molar-refractivity contribution < 1.29 is 0 Å². The van der Waals surface area contributed by atoms with Crippen LogP contribution in [-0.4, -0.2) is 4.98 Å². The zero-order valence-corrected chi connectivity index (χ0v) is 12.6. The van der Waals surface area contributed by atoms with Crippen molar-refractivity contribution in [2.24, 2.45) is 0 Å². The summed E-state index contributed by atoms with van der Waals surface area (Å²) in [5, 5.41) is 6.07. The van der Waals surface area contributed by atoms with E-state index < -0.39 is 0 Å². The quantitative estimate of drug-likeness (QED) is 0.764. The van der Waals surface area contributed by atoms with Crippen molar-refractivity contribution in [2.45, 2.75) is 26.4 Å². The van der Waals surface area contributed by atoms with Gasteiger partial charge >= 0.3 is 0 Å². The molecule has 0 radical (unpaired) electrons. The summed E-state index contributed by atoms with van der Waals surface area (Å²) in [7, 11) is 0. The molecule has 2 aromatic heterocycles. The molecule has 0 aliphatic carbocycles. The number of thiophene rings is 1. The van der Waals surface area contributed by atoms with Gasteiger partial charge in [-0.15, -0.1) is 11.3 Å². The van der Waals surface area contributed by atoms with Crippen LogP contribution in [0.15, 0.2) is 48.8 Å². The van der Waals surface area contributed by atoms with Crippen LogP contribution in [-0.2, 0) is 6.54 Å². The first-order valence-electron chi connectivity index (χ1n) is 6.85. The Balaban J connectivity index is 1.77. The number of nitrogens with zero attached hydrogens (tertiary/aromatic N) is 1. The second-order valence-electron chi connectivity index (χ2n) is 5.07. The summed E-state index contributed by atoms with van der Waals surface area (Å²) < 4.78 is 0. The van der Waals surface area contributed by atoms with E-state index in [0.29, 0.717) is 6.04 Å². The second kappa shape index (κ2) is 5.73. The largest absolute Gasteiger partial charge is 0.305 e. The molecule has 1 atom stereocenters. The standard InChI is InChI=1S/C17H18N2S/c1-12-7-8-17(20-12)13(2)19-11-15-10-18-9-14-5-3-4-6-16(14)15/h3-10,13,19H,11H2,1-2H3. The van der Waals surface area contributed by atoms with Crippen molar-refractivity contribution >= 4 is 22.1 Å². The summed E-state index contributed by atoms with van der Waals surface area (Å²) in [6.07, 6.45) is 3.88. The van der Waals surface area contributed by atoms with Crippen molar-refractivity contribution in [1.29, 1.82) is 0 Å². The van der Waals surface area contributed by atoms with Crippen molar-refractivity contribution in [3.63, 3.8) is 0 Å². The summed E-state index contributed by atoms with van der Waals surface area (Å²) in [4.78, 5) is 7.08. The van der Waals surface area contributed by atoms with Crippen LogP contribution in [0, 0.1) is 6.92 Å². The lowest BCUT2D eigenvalue weighted by Crippen LogP contribution is -2.17. The maximum absolute atomic E-state index is 4.33. The van der Waals surface area contributed by atoms with Gasteiger partial charge in [0.05, 0.1) is 0 Å². The molecule has 2 heterocycles. The highest BCUT2D eigenvalue weighted by molar-refractivity contribution is 7.12. The minimum atomic E-state index is 0.368. The lowest BCUT2D eigenvalue weighted by Gasteiger charge is -2.13. The predicted octanol–water partition coefficient (Wildman–Crippen LogP) is 4.46. The van der Waals surface area contributed by atoms with Gasteiger partial charge in [0.15, 0.2) is 0 Å². The molecular formula is C17H18N2S. The van der Waals surface area contributed by atoms with Gasteiger partial charge in [-0.3, -0.25) is 4.98 Å². The van der Waals surface area contributed by atoms with E-state index in [4.69, 9.17) is 0 Å². The number of rotatable bonds is 4. The Hall–Kier alpha value is -1.71. The molecule has 0 aliphatic rings. The third-order valence-electron chi connectivity index (χ3n) is 3.54. The summed E-state index contributed by atoms with van der Waals surface area (Å²) in [5.74, 6) is 0. The Morgan fingerprint density at radius 3 is 2.80 bits per heavy atom. The van der Waals surface area contributed by atoms with Gasteiger partial charge in [-0.25, -0.2) is 0 Å². The van der Waals surface area contributed by atoms with Gasteiger partial charge in [0.2, 0.25) is 0 Å². The van der Waals surface area contributed by atoms with Crippen molar-refractivity contribution in [3.05, 3.63) is 64.1 Å². The third kappa shape index (κ3) is 2.74. The minimum Gasteiger partial charge on any atom is -0.305 e. The van der Waals surface area contributed by atoms with Gasteiger partial charge in [0, 0.05) is 40.1 Å². The normalized spacial score (nSPS) is 12.7. The lowest BCUT2D eigenvalue weighted by atomic mass is 10.1. The molecule has 1 unspecified atom stereocenters. The average molecular weight is 282 g/mol. The molecule has 0 aliphatic heterocycles. The highest BCUT2D eigenvalue weighted by atomic mass is 32.1. The number of pyridine rings is 1. The van der Waals surface area contributed by atoms with Gasteiger partial charge in [0.25, 0.3) is 0 Å². The summed E-state index contributed by atoms with van der Waals surface area (Å²) in [5.41, 5.74) is 1.25. The van der Waals surface area contributed by atoms with E-state index >= 15 is 0 Å². The molecule has 20 heavy (non-hydrogen) atoms. The molecular weight excluding hydrogens is 264 g/mol. The smallest absolute Gasteiger partial charge is 0.0388 e. The van der Waals surface area contributed by atoms with E-state index in [1.165, 1.54) is 26.1 Å². The third-order valence-corrected chi connectivity index (χ3v) is 4.72. The molecule has 3 heteroatoms. The monoisotopic (exact) mass is 282 g/mol. The fourth-order valence-corrected chi connectivity index (χ4v) is 3.27. The fraction of sp³-hybridized carbons (Fsp3) is 0.235. The van der Waals surface area contributed by atoms with E-state index in [2.05, 4.69) is 60.5 Å². The number of benzene rings is 1. The molecule has 0 saturated heterocycles. The van der Waals surface area contributed by atoms with Crippen molar-refractivity contribution in [2.75, 3.05) is 0 Å². The van der Waals surface area contributed by atoms with Gasteiger partial charge < -0.3 is 5.32 Å². The molecule has 0 bridgehead atoms. The molecule has 1 aromatic carbocycles. The fourth-order valence-electron chi connectivity index (χ4n) is 2.37. The minimum absolute atomic E-state index is 0.368. The first-order valence-corrected chi connectivity index (χ1v) is 7.67. The maximum atomic E-state index is 4.33. The maximum Gasteiger partial charge on any atom is 0.0388 e. The average Bonchev–Trinajstić information content (AvgIpc) is 2.91.